The Morgan fingerprint density at radius 2 is 2.00 bits per heavy atom. The molecule has 0 aliphatic rings. The first-order valence-corrected chi connectivity index (χ1v) is 5.36. The second-order valence-electron chi connectivity index (χ2n) is 3.74. The molecule has 0 aliphatic carbocycles. The molecule has 1 N–H and O–H groups in total. The van der Waals surface area contributed by atoms with Crippen molar-refractivity contribution in [2.24, 2.45) is 0 Å². The third kappa shape index (κ3) is 1.91. The zero-order valence-electron chi connectivity index (χ0n) is 9.47. The van der Waals surface area contributed by atoms with E-state index in [1.807, 2.05) is 32.0 Å². The molecule has 1 aromatic heterocycles. The summed E-state index contributed by atoms with van der Waals surface area (Å²) < 4.78 is 5.38. The van der Waals surface area contributed by atoms with Gasteiger partial charge in [0.1, 0.15) is 5.75 Å². The molecule has 0 unspecified atom stereocenters. The van der Waals surface area contributed by atoms with Crippen molar-refractivity contribution < 1.29 is 4.74 Å². The Kier molecular flexibility index (Phi) is 2.88. The van der Waals surface area contributed by atoms with E-state index in [9.17, 15) is 0 Å². The standard InChI is InChI=1S/C12H13ClN2O/c1-7-4-9(13)6-10(12(7)16-3)11-5-8(2)14-15-11/h4-6H,1-3H3,(H,14,15). The molecule has 0 radical (unpaired) electrons. The fourth-order valence-electron chi connectivity index (χ4n) is 1.75. The number of nitrogens with one attached hydrogen (secondary N) is 1. The van der Waals surface area contributed by atoms with E-state index in [-0.39, 0.29) is 0 Å². The van der Waals surface area contributed by atoms with E-state index in [4.69, 9.17) is 16.3 Å². The van der Waals surface area contributed by atoms with Crippen LogP contribution in [0.25, 0.3) is 11.3 Å². The van der Waals surface area contributed by atoms with Crippen molar-refractivity contribution in [2.75, 3.05) is 7.11 Å². The van der Waals surface area contributed by atoms with Crippen molar-refractivity contribution in [3.8, 4) is 17.0 Å². The van der Waals surface area contributed by atoms with Crippen LogP contribution in [0.5, 0.6) is 5.75 Å². The van der Waals surface area contributed by atoms with Crippen LogP contribution in [0, 0.1) is 13.8 Å². The smallest absolute Gasteiger partial charge is 0.131 e. The van der Waals surface area contributed by atoms with Crippen LogP contribution in [0.4, 0.5) is 0 Å². The average molecular weight is 237 g/mol. The van der Waals surface area contributed by atoms with Gasteiger partial charge < -0.3 is 4.74 Å². The number of H-pyrrole nitrogens is 1. The Hall–Kier alpha value is -1.48. The first-order valence-electron chi connectivity index (χ1n) is 4.98. The van der Waals surface area contributed by atoms with Crippen LogP contribution in [-0.4, -0.2) is 17.3 Å². The van der Waals surface area contributed by atoms with E-state index in [2.05, 4.69) is 10.2 Å². The van der Waals surface area contributed by atoms with Gasteiger partial charge in [-0.3, -0.25) is 5.10 Å². The molecule has 0 saturated carbocycles. The van der Waals surface area contributed by atoms with Crippen LogP contribution in [0.3, 0.4) is 0 Å². The molecule has 1 heterocycles. The number of nitrogens with zero attached hydrogens (tertiary/aromatic N) is 1. The summed E-state index contributed by atoms with van der Waals surface area (Å²) in [5, 5.41) is 7.81. The summed E-state index contributed by atoms with van der Waals surface area (Å²) in [4.78, 5) is 0. The Bertz CT molecular complexity index is 520. The normalized spacial score (nSPS) is 10.5. The molecule has 3 nitrogen and oxygen atoms in total. The number of methoxy groups -OCH3 is 1. The highest BCUT2D eigenvalue weighted by molar-refractivity contribution is 6.31. The van der Waals surface area contributed by atoms with Crippen LogP contribution in [-0.2, 0) is 0 Å². The summed E-state index contributed by atoms with van der Waals surface area (Å²) in [7, 11) is 1.65. The number of aromatic nitrogens is 2. The number of hydrogen-bond donors (Lipinski definition) is 1. The summed E-state index contributed by atoms with van der Waals surface area (Å²) in [5.41, 5.74) is 3.78. The van der Waals surface area contributed by atoms with E-state index in [0.29, 0.717) is 5.02 Å². The molecular formula is C12H13ClN2O. The van der Waals surface area contributed by atoms with Gasteiger partial charge in [-0.25, -0.2) is 0 Å². The minimum Gasteiger partial charge on any atom is -0.496 e. The van der Waals surface area contributed by atoms with Crippen LogP contribution >= 0.6 is 11.6 Å². The van der Waals surface area contributed by atoms with Gasteiger partial charge in [-0.15, -0.1) is 0 Å². The first-order chi connectivity index (χ1) is 7.61. The van der Waals surface area contributed by atoms with Gasteiger partial charge in [0.15, 0.2) is 0 Å². The third-order valence-corrected chi connectivity index (χ3v) is 2.64. The van der Waals surface area contributed by atoms with Crippen molar-refractivity contribution in [3.05, 3.63) is 34.5 Å². The fourth-order valence-corrected chi connectivity index (χ4v) is 2.02. The van der Waals surface area contributed by atoms with Gasteiger partial charge in [0, 0.05) is 16.3 Å². The predicted octanol–water partition coefficient (Wildman–Crippen LogP) is 3.36. The number of aromatic amines is 1. The van der Waals surface area contributed by atoms with E-state index < -0.39 is 0 Å². The van der Waals surface area contributed by atoms with Crippen LogP contribution < -0.4 is 4.74 Å². The largest absolute Gasteiger partial charge is 0.496 e. The minimum atomic E-state index is 0.689. The Balaban J connectivity index is 2.63. The Morgan fingerprint density at radius 1 is 1.25 bits per heavy atom. The highest BCUT2D eigenvalue weighted by atomic mass is 35.5. The lowest BCUT2D eigenvalue weighted by Crippen LogP contribution is -1.92. The predicted molar refractivity (Wildman–Crippen MR) is 65.1 cm³/mol. The monoisotopic (exact) mass is 236 g/mol. The van der Waals surface area contributed by atoms with Crippen molar-refractivity contribution in [2.45, 2.75) is 13.8 Å². The quantitative estimate of drug-likeness (QED) is 0.868. The Labute approximate surface area is 99.4 Å². The molecule has 0 saturated heterocycles. The van der Waals surface area contributed by atoms with Crippen molar-refractivity contribution in [1.82, 2.24) is 10.2 Å². The molecule has 2 rings (SSSR count). The highest BCUT2D eigenvalue weighted by Gasteiger charge is 2.12. The molecular weight excluding hydrogens is 224 g/mol. The summed E-state index contributed by atoms with van der Waals surface area (Å²) in [6.45, 7) is 3.92. The summed E-state index contributed by atoms with van der Waals surface area (Å²) in [6.07, 6.45) is 0. The summed E-state index contributed by atoms with van der Waals surface area (Å²) in [5.74, 6) is 0.816. The van der Waals surface area contributed by atoms with Crippen molar-refractivity contribution >= 4 is 11.6 Å². The van der Waals surface area contributed by atoms with Crippen molar-refractivity contribution in [1.29, 1.82) is 0 Å². The molecule has 0 aliphatic heterocycles. The van der Waals surface area contributed by atoms with Crippen LogP contribution in [0.1, 0.15) is 11.3 Å². The molecule has 0 bridgehead atoms. The average Bonchev–Trinajstić information content (AvgIpc) is 2.63. The summed E-state index contributed by atoms with van der Waals surface area (Å²) >= 11 is 6.04. The van der Waals surface area contributed by atoms with Gasteiger partial charge >= 0.3 is 0 Å². The molecule has 0 spiro atoms. The van der Waals surface area contributed by atoms with Gasteiger partial charge in [-0.05, 0) is 37.6 Å². The maximum absolute atomic E-state index is 6.04. The molecule has 2 aromatic rings. The van der Waals surface area contributed by atoms with Crippen LogP contribution in [0.2, 0.25) is 5.02 Å². The SMILES string of the molecule is COc1c(C)cc(Cl)cc1-c1cc(C)[nH]n1. The number of benzene rings is 1. The topological polar surface area (TPSA) is 37.9 Å². The second kappa shape index (κ2) is 4.18. The lowest BCUT2D eigenvalue weighted by molar-refractivity contribution is 0.413. The first kappa shape index (κ1) is 11.0. The maximum atomic E-state index is 6.04. The zero-order chi connectivity index (χ0) is 11.7. The number of halogens is 1. The van der Waals surface area contributed by atoms with E-state index in [1.165, 1.54) is 0 Å². The lowest BCUT2D eigenvalue weighted by Gasteiger charge is -2.10. The van der Waals surface area contributed by atoms with E-state index in [0.717, 1.165) is 28.3 Å². The van der Waals surface area contributed by atoms with Gasteiger partial charge in [-0.1, -0.05) is 11.6 Å². The molecule has 1 aromatic carbocycles. The lowest BCUT2D eigenvalue weighted by atomic mass is 10.1. The number of rotatable bonds is 2. The molecule has 84 valence electrons. The zero-order valence-corrected chi connectivity index (χ0v) is 10.2. The maximum Gasteiger partial charge on any atom is 0.131 e. The molecule has 4 heteroatoms. The molecule has 16 heavy (non-hydrogen) atoms. The second-order valence-corrected chi connectivity index (χ2v) is 4.18. The number of ether oxygens (including phenoxy) is 1. The molecule has 0 atom stereocenters. The number of hydrogen-bond acceptors (Lipinski definition) is 2. The van der Waals surface area contributed by atoms with Gasteiger partial charge in [0.05, 0.1) is 12.8 Å². The fraction of sp³-hybridized carbons (Fsp3) is 0.250. The van der Waals surface area contributed by atoms with Crippen molar-refractivity contribution in [3.63, 3.8) is 0 Å². The van der Waals surface area contributed by atoms with Crippen LogP contribution in [0.15, 0.2) is 18.2 Å². The Morgan fingerprint density at radius 3 is 2.56 bits per heavy atom. The van der Waals surface area contributed by atoms with Gasteiger partial charge in [-0.2, -0.15) is 5.10 Å². The summed E-state index contributed by atoms with van der Waals surface area (Å²) in [6, 6.07) is 5.71. The highest BCUT2D eigenvalue weighted by Crippen LogP contribution is 2.34. The van der Waals surface area contributed by atoms with Gasteiger partial charge in [0.2, 0.25) is 0 Å². The van der Waals surface area contributed by atoms with Gasteiger partial charge in [0.25, 0.3) is 0 Å². The molecule has 0 fully saturated rings. The number of aryl methyl sites for hydroxylation is 2. The third-order valence-electron chi connectivity index (χ3n) is 2.43. The van der Waals surface area contributed by atoms with E-state index >= 15 is 0 Å². The minimum absolute atomic E-state index is 0.689. The van der Waals surface area contributed by atoms with E-state index in [1.54, 1.807) is 7.11 Å². The molecule has 0 amide bonds.